The van der Waals surface area contributed by atoms with Crippen molar-refractivity contribution in [3.63, 3.8) is 0 Å². The van der Waals surface area contributed by atoms with Crippen LogP contribution in [0.1, 0.15) is 15.9 Å². The van der Waals surface area contributed by atoms with Gasteiger partial charge >= 0.3 is 0 Å². The molecule has 2 aliphatic heterocycles. The van der Waals surface area contributed by atoms with E-state index in [1.807, 2.05) is 36.4 Å². The topological polar surface area (TPSA) is 91.8 Å². The minimum absolute atomic E-state index is 0.0354. The van der Waals surface area contributed by atoms with E-state index in [-0.39, 0.29) is 5.91 Å². The van der Waals surface area contributed by atoms with Gasteiger partial charge in [0.25, 0.3) is 5.91 Å². The number of morpholine rings is 1. The second-order valence-electron chi connectivity index (χ2n) is 8.13. The molecule has 0 saturated carbocycles. The van der Waals surface area contributed by atoms with Crippen LogP contribution >= 0.6 is 11.6 Å². The molecule has 0 radical (unpaired) electrons. The number of fused-ring (bicyclic) bond motifs is 1. The van der Waals surface area contributed by atoms with E-state index >= 15 is 0 Å². The molecule has 5 rings (SSSR count). The molecule has 0 atom stereocenters. The van der Waals surface area contributed by atoms with Gasteiger partial charge in [-0.3, -0.25) is 4.79 Å². The molecule has 10 heteroatoms. The fourth-order valence-corrected chi connectivity index (χ4v) is 4.31. The Labute approximate surface area is 202 Å². The van der Waals surface area contributed by atoms with Crippen LogP contribution in [0, 0.1) is 0 Å². The van der Waals surface area contributed by atoms with Crippen molar-refractivity contribution in [2.75, 3.05) is 56.0 Å². The lowest BCUT2D eigenvalue weighted by Crippen LogP contribution is -2.36. The predicted octanol–water partition coefficient (Wildman–Crippen LogP) is 4.05. The van der Waals surface area contributed by atoms with Crippen LogP contribution < -0.4 is 20.3 Å². The highest BCUT2D eigenvalue weighted by Gasteiger charge is 2.27. The van der Waals surface area contributed by atoms with Gasteiger partial charge in [-0.15, -0.1) is 0 Å². The van der Waals surface area contributed by atoms with E-state index in [1.165, 1.54) is 6.20 Å². The summed E-state index contributed by atoms with van der Waals surface area (Å²) in [6, 6.07) is 11.6. The van der Waals surface area contributed by atoms with Gasteiger partial charge in [-0.25, -0.2) is 4.98 Å². The number of halogens is 1. The Hall–Kier alpha value is -3.56. The quantitative estimate of drug-likeness (QED) is 0.546. The first kappa shape index (κ1) is 22.2. The van der Waals surface area contributed by atoms with E-state index in [0.29, 0.717) is 53.5 Å². The van der Waals surface area contributed by atoms with Crippen LogP contribution in [0.25, 0.3) is 0 Å². The Morgan fingerprint density at radius 3 is 2.74 bits per heavy atom. The summed E-state index contributed by atoms with van der Waals surface area (Å²) in [5.74, 6) is 1.39. The largest absolute Gasteiger partial charge is 0.494 e. The molecule has 176 valence electrons. The van der Waals surface area contributed by atoms with E-state index in [9.17, 15) is 4.79 Å². The average Bonchev–Trinajstić information content (AvgIpc) is 3.16. The number of hydrogen-bond acceptors (Lipinski definition) is 8. The molecule has 3 heterocycles. The molecule has 2 N–H and O–H groups in total. The molecule has 1 aromatic heterocycles. The third-order valence-corrected chi connectivity index (χ3v) is 6.20. The number of nitrogens with zero attached hydrogens (tertiary/aromatic N) is 4. The van der Waals surface area contributed by atoms with E-state index in [0.717, 1.165) is 30.0 Å². The summed E-state index contributed by atoms with van der Waals surface area (Å²) in [5, 5.41) is 6.77. The summed E-state index contributed by atoms with van der Waals surface area (Å²) < 4.78 is 11.1. The Kier molecular flexibility index (Phi) is 6.12. The molecule has 0 unspecified atom stereocenters. The van der Waals surface area contributed by atoms with Crippen molar-refractivity contribution in [2.24, 2.45) is 0 Å². The lowest BCUT2D eigenvalue weighted by molar-refractivity contribution is 0.0817. The highest BCUT2D eigenvalue weighted by molar-refractivity contribution is 6.33. The van der Waals surface area contributed by atoms with Gasteiger partial charge in [-0.1, -0.05) is 23.7 Å². The molecule has 9 nitrogen and oxygen atoms in total. The average molecular weight is 481 g/mol. The SMILES string of the molecule is COc1cc(N2CCOCC2)ccc1Nc1ncc(Cl)c(Nc2cccc3c2C(=O)N(C)C3)n1. The summed E-state index contributed by atoms with van der Waals surface area (Å²) in [6.45, 7) is 3.68. The summed E-state index contributed by atoms with van der Waals surface area (Å²) >= 11 is 6.38. The number of hydrogen-bond donors (Lipinski definition) is 2. The number of amides is 1. The number of ether oxygens (including phenoxy) is 2. The number of nitrogens with one attached hydrogen (secondary N) is 2. The van der Waals surface area contributed by atoms with E-state index in [2.05, 4.69) is 25.5 Å². The van der Waals surface area contributed by atoms with Crippen molar-refractivity contribution in [2.45, 2.75) is 6.54 Å². The lowest BCUT2D eigenvalue weighted by atomic mass is 10.1. The molecule has 0 aliphatic carbocycles. The minimum atomic E-state index is -0.0354. The van der Waals surface area contributed by atoms with E-state index in [1.54, 1.807) is 19.1 Å². The Bertz CT molecular complexity index is 1230. The molecule has 3 aromatic rings. The van der Waals surface area contributed by atoms with Gasteiger partial charge < -0.3 is 29.9 Å². The van der Waals surface area contributed by atoms with Gasteiger partial charge in [0.15, 0.2) is 5.82 Å². The third-order valence-electron chi connectivity index (χ3n) is 5.92. The van der Waals surface area contributed by atoms with Gasteiger partial charge in [0, 0.05) is 38.4 Å². The number of anilines is 5. The Morgan fingerprint density at radius 1 is 1.12 bits per heavy atom. The number of carbonyl (C=O) groups is 1. The van der Waals surface area contributed by atoms with E-state index in [4.69, 9.17) is 21.1 Å². The fourth-order valence-electron chi connectivity index (χ4n) is 4.17. The zero-order chi connectivity index (χ0) is 23.7. The molecule has 1 fully saturated rings. The van der Waals surface area contributed by atoms with Crippen molar-refractivity contribution < 1.29 is 14.3 Å². The Balaban J connectivity index is 1.39. The molecule has 0 bridgehead atoms. The second kappa shape index (κ2) is 9.36. The van der Waals surface area contributed by atoms with Crippen molar-refractivity contribution >= 4 is 46.3 Å². The maximum Gasteiger partial charge on any atom is 0.256 e. The summed E-state index contributed by atoms with van der Waals surface area (Å²) in [7, 11) is 3.41. The van der Waals surface area contributed by atoms with Crippen molar-refractivity contribution in [1.82, 2.24) is 14.9 Å². The van der Waals surface area contributed by atoms with Crippen molar-refractivity contribution in [3.8, 4) is 5.75 Å². The smallest absolute Gasteiger partial charge is 0.256 e. The first-order valence-corrected chi connectivity index (χ1v) is 11.4. The normalized spacial score (nSPS) is 15.3. The zero-order valence-electron chi connectivity index (χ0n) is 19.0. The number of carbonyl (C=O) groups excluding carboxylic acids is 1. The van der Waals surface area contributed by atoms with Crippen LogP contribution in [0.3, 0.4) is 0 Å². The standard InChI is InChI=1S/C24H25ClN6O3/c1-30-14-15-4-3-5-19(21(15)23(30)32)27-22-17(25)13-26-24(29-22)28-18-7-6-16(12-20(18)33-2)31-8-10-34-11-9-31/h3-7,12-13H,8-11,14H2,1-2H3,(H2,26,27,28,29). The van der Waals surface area contributed by atoms with Crippen LogP contribution in [0.5, 0.6) is 5.75 Å². The van der Waals surface area contributed by atoms with Crippen molar-refractivity contribution in [3.05, 3.63) is 58.7 Å². The number of rotatable bonds is 6. The first-order valence-electron chi connectivity index (χ1n) is 11.0. The summed E-state index contributed by atoms with van der Waals surface area (Å²) in [5.41, 5.74) is 4.05. The molecule has 34 heavy (non-hydrogen) atoms. The minimum Gasteiger partial charge on any atom is -0.494 e. The first-order chi connectivity index (χ1) is 16.5. The van der Waals surface area contributed by atoms with Gasteiger partial charge in [0.05, 0.1) is 43.5 Å². The predicted molar refractivity (Wildman–Crippen MR) is 132 cm³/mol. The maximum atomic E-state index is 12.6. The van der Waals surface area contributed by atoms with Gasteiger partial charge in [0.1, 0.15) is 10.8 Å². The van der Waals surface area contributed by atoms with Crippen LogP contribution in [-0.2, 0) is 11.3 Å². The van der Waals surface area contributed by atoms with Crippen LogP contribution in [-0.4, -0.2) is 61.2 Å². The van der Waals surface area contributed by atoms with Gasteiger partial charge in [-0.05, 0) is 23.8 Å². The molecular weight excluding hydrogens is 456 g/mol. The van der Waals surface area contributed by atoms with Crippen molar-refractivity contribution in [1.29, 1.82) is 0 Å². The third kappa shape index (κ3) is 4.32. The molecule has 1 amide bonds. The summed E-state index contributed by atoms with van der Waals surface area (Å²) in [4.78, 5) is 25.4. The number of aromatic nitrogens is 2. The van der Waals surface area contributed by atoms with Gasteiger partial charge in [-0.2, -0.15) is 4.98 Å². The van der Waals surface area contributed by atoms with E-state index < -0.39 is 0 Å². The molecule has 2 aliphatic rings. The van der Waals surface area contributed by atoms with Crippen LogP contribution in [0.2, 0.25) is 5.02 Å². The zero-order valence-corrected chi connectivity index (χ0v) is 19.7. The number of methoxy groups -OCH3 is 1. The highest BCUT2D eigenvalue weighted by atomic mass is 35.5. The fraction of sp³-hybridized carbons (Fsp3) is 0.292. The highest BCUT2D eigenvalue weighted by Crippen LogP contribution is 2.34. The second-order valence-corrected chi connectivity index (χ2v) is 8.53. The van der Waals surface area contributed by atoms with Crippen LogP contribution in [0.4, 0.5) is 28.8 Å². The number of benzene rings is 2. The lowest BCUT2D eigenvalue weighted by Gasteiger charge is -2.29. The maximum absolute atomic E-state index is 12.6. The molecule has 1 saturated heterocycles. The molecule has 0 spiro atoms. The Morgan fingerprint density at radius 2 is 1.94 bits per heavy atom. The molecule has 2 aromatic carbocycles. The summed E-state index contributed by atoms with van der Waals surface area (Å²) in [6.07, 6.45) is 1.52. The monoisotopic (exact) mass is 480 g/mol. The van der Waals surface area contributed by atoms with Crippen LogP contribution in [0.15, 0.2) is 42.6 Å². The molecular formula is C24H25ClN6O3. The van der Waals surface area contributed by atoms with Gasteiger partial charge in [0.2, 0.25) is 5.95 Å².